The van der Waals surface area contributed by atoms with Crippen LogP contribution in [0, 0.1) is 12.7 Å². The number of benzene rings is 2. The molecule has 0 atom stereocenters. The Balaban J connectivity index is 1.62. The smallest absolute Gasteiger partial charge is 0.243 e. The molecule has 0 bridgehead atoms. The van der Waals surface area contributed by atoms with Crippen LogP contribution in [0.1, 0.15) is 18.7 Å². The van der Waals surface area contributed by atoms with Crippen LogP contribution in [0.25, 0.3) is 11.3 Å². The number of nitrogens with one attached hydrogen (secondary N) is 2. The molecule has 1 amide bonds. The maximum Gasteiger partial charge on any atom is 0.243 e. The average Bonchev–Trinajstić information content (AvgIpc) is 3.02. The standard InChI is InChI=1S/C21H22FN3O4S2/c1-13(2)29-18-10-8-17(9-11-18)25-31(27,28)12-19(26)23-21-24-20(14(3)30-21)15-4-6-16(22)7-5-15/h4-11,13,25H,12H2,1-3H3,(H,23,24,26). The van der Waals surface area contributed by atoms with Crippen LogP contribution in [-0.4, -0.2) is 31.2 Å². The van der Waals surface area contributed by atoms with Crippen molar-refractivity contribution in [2.75, 3.05) is 15.8 Å². The van der Waals surface area contributed by atoms with Gasteiger partial charge in [-0.15, -0.1) is 11.3 Å². The number of amides is 1. The van der Waals surface area contributed by atoms with Gasteiger partial charge in [-0.2, -0.15) is 0 Å². The summed E-state index contributed by atoms with van der Waals surface area (Å²) in [6.07, 6.45) is 0.00399. The SMILES string of the molecule is Cc1sc(NC(=O)CS(=O)(=O)Nc2ccc(OC(C)C)cc2)nc1-c1ccc(F)cc1. The van der Waals surface area contributed by atoms with Gasteiger partial charge in [-0.25, -0.2) is 17.8 Å². The average molecular weight is 464 g/mol. The van der Waals surface area contributed by atoms with E-state index in [2.05, 4.69) is 15.0 Å². The maximum atomic E-state index is 13.1. The third kappa shape index (κ3) is 6.50. The van der Waals surface area contributed by atoms with E-state index in [1.165, 1.54) is 23.5 Å². The molecule has 1 aromatic heterocycles. The van der Waals surface area contributed by atoms with Gasteiger partial charge in [-0.1, -0.05) is 0 Å². The number of anilines is 2. The first-order valence-electron chi connectivity index (χ1n) is 9.42. The largest absolute Gasteiger partial charge is 0.491 e. The zero-order valence-electron chi connectivity index (χ0n) is 17.2. The van der Waals surface area contributed by atoms with Crippen molar-refractivity contribution in [3.05, 3.63) is 59.2 Å². The second-order valence-electron chi connectivity index (χ2n) is 7.03. The fourth-order valence-electron chi connectivity index (χ4n) is 2.74. The molecule has 0 unspecified atom stereocenters. The van der Waals surface area contributed by atoms with Crippen LogP contribution in [0.15, 0.2) is 48.5 Å². The quantitative estimate of drug-likeness (QED) is 0.515. The number of thiazole rings is 1. The summed E-state index contributed by atoms with van der Waals surface area (Å²) in [7, 11) is -3.92. The Hall–Kier alpha value is -2.98. The molecular weight excluding hydrogens is 441 g/mol. The molecule has 3 rings (SSSR count). The molecule has 0 aliphatic carbocycles. The Morgan fingerprint density at radius 2 is 1.77 bits per heavy atom. The van der Waals surface area contributed by atoms with E-state index in [9.17, 15) is 17.6 Å². The van der Waals surface area contributed by atoms with Gasteiger partial charge in [-0.3, -0.25) is 9.52 Å². The number of halogens is 1. The highest BCUT2D eigenvalue weighted by molar-refractivity contribution is 7.93. The number of ether oxygens (including phenoxy) is 1. The Labute approximate surface area is 184 Å². The van der Waals surface area contributed by atoms with Crippen molar-refractivity contribution < 1.29 is 22.3 Å². The molecular formula is C21H22FN3O4S2. The van der Waals surface area contributed by atoms with Gasteiger partial charge in [0.05, 0.1) is 11.8 Å². The first kappa shape index (κ1) is 22.7. The summed E-state index contributed by atoms with van der Waals surface area (Å²) < 4.78 is 45.7. The molecule has 0 saturated carbocycles. The first-order valence-corrected chi connectivity index (χ1v) is 11.9. The lowest BCUT2D eigenvalue weighted by Crippen LogP contribution is -2.27. The Morgan fingerprint density at radius 3 is 2.39 bits per heavy atom. The first-order chi connectivity index (χ1) is 14.6. The molecule has 3 aromatic rings. The number of carbonyl (C=O) groups is 1. The predicted octanol–water partition coefficient (Wildman–Crippen LogP) is 4.43. The van der Waals surface area contributed by atoms with Crippen molar-refractivity contribution in [3.8, 4) is 17.0 Å². The van der Waals surface area contributed by atoms with Gasteiger partial charge in [0.25, 0.3) is 0 Å². The minimum Gasteiger partial charge on any atom is -0.491 e. The molecule has 0 fully saturated rings. The number of nitrogens with zero attached hydrogens (tertiary/aromatic N) is 1. The Morgan fingerprint density at radius 1 is 1.13 bits per heavy atom. The molecule has 1 heterocycles. The van der Waals surface area contributed by atoms with Gasteiger partial charge in [0.1, 0.15) is 17.3 Å². The second-order valence-corrected chi connectivity index (χ2v) is 9.96. The zero-order valence-corrected chi connectivity index (χ0v) is 18.8. The van der Waals surface area contributed by atoms with Gasteiger partial charge in [0, 0.05) is 16.1 Å². The van der Waals surface area contributed by atoms with E-state index in [0.717, 1.165) is 4.88 Å². The lowest BCUT2D eigenvalue weighted by molar-refractivity contribution is -0.113. The summed E-state index contributed by atoms with van der Waals surface area (Å²) in [5, 5.41) is 2.78. The van der Waals surface area contributed by atoms with Crippen molar-refractivity contribution in [2.45, 2.75) is 26.9 Å². The number of carbonyl (C=O) groups excluding carboxylic acids is 1. The van der Waals surface area contributed by atoms with Crippen molar-refractivity contribution in [3.63, 3.8) is 0 Å². The molecule has 0 aliphatic rings. The van der Waals surface area contributed by atoms with Crippen molar-refractivity contribution in [2.24, 2.45) is 0 Å². The maximum absolute atomic E-state index is 13.1. The summed E-state index contributed by atoms with van der Waals surface area (Å²) in [6.45, 7) is 5.60. The molecule has 0 radical (unpaired) electrons. The van der Waals surface area contributed by atoms with Gasteiger partial charge < -0.3 is 10.1 Å². The highest BCUT2D eigenvalue weighted by atomic mass is 32.2. The summed E-state index contributed by atoms with van der Waals surface area (Å²) in [4.78, 5) is 17.4. The van der Waals surface area contributed by atoms with Crippen LogP contribution in [0.4, 0.5) is 15.2 Å². The molecule has 0 saturated heterocycles. The lowest BCUT2D eigenvalue weighted by atomic mass is 10.1. The van der Waals surface area contributed by atoms with Crippen LogP contribution in [0.2, 0.25) is 0 Å². The lowest BCUT2D eigenvalue weighted by Gasteiger charge is -2.11. The van der Waals surface area contributed by atoms with E-state index in [0.29, 0.717) is 22.7 Å². The topological polar surface area (TPSA) is 97.4 Å². The van der Waals surface area contributed by atoms with E-state index in [-0.39, 0.29) is 17.1 Å². The van der Waals surface area contributed by atoms with E-state index in [1.54, 1.807) is 36.4 Å². The molecule has 164 valence electrons. The molecule has 31 heavy (non-hydrogen) atoms. The molecule has 2 aromatic carbocycles. The number of aromatic nitrogens is 1. The molecule has 7 nitrogen and oxygen atoms in total. The number of sulfonamides is 1. The van der Waals surface area contributed by atoms with E-state index < -0.39 is 21.7 Å². The van der Waals surface area contributed by atoms with E-state index in [4.69, 9.17) is 4.74 Å². The third-order valence-corrected chi connectivity index (χ3v) is 6.06. The Bertz CT molecular complexity index is 1160. The van der Waals surface area contributed by atoms with Gasteiger partial charge in [0.2, 0.25) is 15.9 Å². The highest BCUT2D eigenvalue weighted by Gasteiger charge is 2.19. The number of hydrogen-bond acceptors (Lipinski definition) is 6. The van der Waals surface area contributed by atoms with Crippen LogP contribution in [-0.2, 0) is 14.8 Å². The van der Waals surface area contributed by atoms with Crippen molar-refractivity contribution >= 4 is 38.1 Å². The summed E-state index contributed by atoms with van der Waals surface area (Å²) >= 11 is 1.21. The summed E-state index contributed by atoms with van der Waals surface area (Å²) in [5.74, 6) is -1.22. The van der Waals surface area contributed by atoms with Crippen molar-refractivity contribution in [1.29, 1.82) is 0 Å². The molecule has 0 aliphatic heterocycles. The predicted molar refractivity (Wildman–Crippen MR) is 120 cm³/mol. The monoisotopic (exact) mass is 463 g/mol. The number of hydrogen-bond donors (Lipinski definition) is 2. The van der Waals surface area contributed by atoms with Gasteiger partial charge in [0.15, 0.2) is 5.13 Å². The summed E-state index contributed by atoms with van der Waals surface area (Å²) in [6, 6.07) is 12.3. The highest BCUT2D eigenvalue weighted by Crippen LogP contribution is 2.30. The van der Waals surface area contributed by atoms with Crippen LogP contribution in [0.5, 0.6) is 5.75 Å². The zero-order chi connectivity index (χ0) is 22.6. The Kier molecular flexibility index (Phi) is 6.91. The van der Waals surface area contributed by atoms with E-state index >= 15 is 0 Å². The normalized spacial score (nSPS) is 11.4. The van der Waals surface area contributed by atoms with Crippen LogP contribution in [0.3, 0.4) is 0 Å². The third-order valence-electron chi connectivity index (χ3n) is 3.98. The number of aryl methyl sites for hydroxylation is 1. The number of rotatable bonds is 8. The van der Waals surface area contributed by atoms with Crippen LogP contribution >= 0.6 is 11.3 Å². The fraction of sp³-hybridized carbons (Fsp3) is 0.238. The van der Waals surface area contributed by atoms with Crippen molar-refractivity contribution in [1.82, 2.24) is 4.98 Å². The summed E-state index contributed by atoms with van der Waals surface area (Å²) in [5.41, 5.74) is 1.63. The molecule has 0 spiro atoms. The fourth-order valence-corrected chi connectivity index (χ4v) is 4.58. The van der Waals surface area contributed by atoms with Crippen LogP contribution < -0.4 is 14.8 Å². The second kappa shape index (κ2) is 9.44. The molecule has 2 N–H and O–H groups in total. The minimum atomic E-state index is -3.92. The van der Waals surface area contributed by atoms with Gasteiger partial charge >= 0.3 is 0 Å². The van der Waals surface area contributed by atoms with E-state index in [1.807, 2.05) is 20.8 Å². The minimum absolute atomic E-state index is 0.00399. The molecule has 10 heteroatoms. The van der Waals surface area contributed by atoms with Gasteiger partial charge in [-0.05, 0) is 69.3 Å².